The van der Waals surface area contributed by atoms with Crippen molar-refractivity contribution in [1.82, 2.24) is 10.2 Å². The Labute approximate surface area is 162 Å². The molecule has 144 valence electrons. The van der Waals surface area contributed by atoms with Gasteiger partial charge in [-0.15, -0.1) is 31.4 Å². The van der Waals surface area contributed by atoms with Gasteiger partial charge >= 0.3 is 6.18 Å². The van der Waals surface area contributed by atoms with E-state index < -0.39 is 23.6 Å². The number of benzene rings is 1. The fourth-order valence-corrected chi connectivity index (χ4v) is 3.04. The van der Waals surface area contributed by atoms with Gasteiger partial charge in [0.25, 0.3) is 0 Å². The zero-order valence-corrected chi connectivity index (χ0v) is 16.0. The van der Waals surface area contributed by atoms with Crippen molar-refractivity contribution >= 4 is 36.4 Å². The predicted molar refractivity (Wildman–Crippen MR) is 97.5 cm³/mol. The maximum atomic E-state index is 14.5. The molecule has 0 aromatic heterocycles. The maximum Gasteiger partial charge on any atom is 0.416 e. The van der Waals surface area contributed by atoms with Crippen LogP contribution in [0.4, 0.5) is 17.6 Å². The SMILES string of the molecule is C=C(C)C[C@@H](c1c(C(F)(F)F)ccc(Cl)c1F)N1CCNCC1.Cl.Cl. The van der Waals surface area contributed by atoms with Gasteiger partial charge in [0.2, 0.25) is 0 Å². The third-order valence-corrected chi connectivity index (χ3v) is 4.20. The molecular weight excluding hydrogens is 403 g/mol. The molecule has 1 N–H and O–H groups in total. The van der Waals surface area contributed by atoms with Gasteiger partial charge in [-0.2, -0.15) is 13.2 Å². The summed E-state index contributed by atoms with van der Waals surface area (Å²) in [5.41, 5.74) is -0.653. The first kappa shape index (κ1) is 24.5. The van der Waals surface area contributed by atoms with E-state index in [0.717, 1.165) is 12.1 Å². The molecule has 0 bridgehead atoms. The van der Waals surface area contributed by atoms with Crippen molar-refractivity contribution in [2.45, 2.75) is 25.6 Å². The quantitative estimate of drug-likeness (QED) is 0.525. The van der Waals surface area contributed by atoms with Crippen LogP contribution in [-0.2, 0) is 6.18 Å². The van der Waals surface area contributed by atoms with Gasteiger partial charge in [-0.1, -0.05) is 17.2 Å². The van der Waals surface area contributed by atoms with Gasteiger partial charge in [-0.05, 0) is 25.5 Å². The van der Waals surface area contributed by atoms with E-state index in [1.54, 1.807) is 6.92 Å². The van der Waals surface area contributed by atoms with Gasteiger partial charge < -0.3 is 5.32 Å². The van der Waals surface area contributed by atoms with Crippen LogP contribution in [0.5, 0.6) is 0 Å². The second kappa shape index (κ2) is 9.97. The Morgan fingerprint density at radius 2 is 1.84 bits per heavy atom. The number of piperazine rings is 1. The lowest BCUT2D eigenvalue weighted by atomic mass is 9.92. The third kappa shape index (κ3) is 6.00. The predicted octanol–water partition coefficient (Wildman–Crippen LogP) is 5.25. The molecule has 0 unspecified atom stereocenters. The highest BCUT2D eigenvalue weighted by Crippen LogP contribution is 2.41. The van der Waals surface area contributed by atoms with Crippen LogP contribution in [-0.4, -0.2) is 31.1 Å². The number of nitrogens with one attached hydrogen (secondary N) is 1. The normalized spacial score (nSPS) is 16.6. The molecule has 25 heavy (non-hydrogen) atoms. The van der Waals surface area contributed by atoms with Gasteiger partial charge in [0.1, 0.15) is 5.82 Å². The second-order valence-corrected chi connectivity index (χ2v) is 6.19. The monoisotopic (exact) mass is 422 g/mol. The van der Waals surface area contributed by atoms with Crippen molar-refractivity contribution in [3.8, 4) is 0 Å². The summed E-state index contributed by atoms with van der Waals surface area (Å²) >= 11 is 5.76. The molecule has 2 nitrogen and oxygen atoms in total. The summed E-state index contributed by atoms with van der Waals surface area (Å²) in [5.74, 6) is -0.994. The van der Waals surface area contributed by atoms with Crippen molar-refractivity contribution in [3.05, 3.63) is 46.3 Å². The molecule has 1 fully saturated rings. The Kier molecular flexibility index (Phi) is 9.76. The summed E-state index contributed by atoms with van der Waals surface area (Å²) in [6.45, 7) is 7.89. The Morgan fingerprint density at radius 3 is 2.32 bits per heavy atom. The van der Waals surface area contributed by atoms with Crippen molar-refractivity contribution < 1.29 is 17.6 Å². The molecule has 0 saturated carbocycles. The molecule has 0 aliphatic carbocycles. The molecule has 2 rings (SSSR count). The third-order valence-electron chi connectivity index (χ3n) is 3.91. The first-order valence-corrected chi connectivity index (χ1v) is 7.74. The van der Waals surface area contributed by atoms with E-state index in [2.05, 4.69) is 11.9 Å². The molecule has 0 amide bonds. The standard InChI is InChI=1S/C16H19ClF4N2.2ClH/c1-10(2)9-13(23-7-5-22-6-8-23)14-11(16(19,20)21)3-4-12(17)15(14)18;;/h3-4,13,22H,1,5-9H2,2H3;2*1H/t13-;;/m0../s1. The molecule has 1 aromatic carbocycles. The first-order valence-electron chi connectivity index (χ1n) is 7.36. The van der Waals surface area contributed by atoms with Crippen LogP contribution in [0.15, 0.2) is 24.3 Å². The minimum atomic E-state index is -4.64. The topological polar surface area (TPSA) is 15.3 Å². The molecule has 1 atom stereocenters. The zero-order chi connectivity index (χ0) is 17.2. The van der Waals surface area contributed by atoms with E-state index in [0.29, 0.717) is 31.8 Å². The number of rotatable bonds is 4. The van der Waals surface area contributed by atoms with E-state index in [1.807, 2.05) is 4.90 Å². The van der Waals surface area contributed by atoms with Crippen LogP contribution in [0.1, 0.15) is 30.5 Å². The minimum Gasteiger partial charge on any atom is -0.314 e. The van der Waals surface area contributed by atoms with Crippen molar-refractivity contribution in [2.24, 2.45) is 0 Å². The van der Waals surface area contributed by atoms with E-state index in [-0.39, 0.29) is 41.8 Å². The number of hydrogen-bond acceptors (Lipinski definition) is 2. The highest BCUT2D eigenvalue weighted by atomic mass is 35.5. The molecule has 1 aromatic rings. The van der Waals surface area contributed by atoms with E-state index in [9.17, 15) is 17.6 Å². The highest BCUT2D eigenvalue weighted by molar-refractivity contribution is 6.30. The molecule has 1 aliphatic rings. The zero-order valence-electron chi connectivity index (χ0n) is 13.6. The van der Waals surface area contributed by atoms with Crippen LogP contribution >= 0.6 is 36.4 Å². The number of nitrogens with zero attached hydrogens (tertiary/aromatic N) is 1. The fourth-order valence-electron chi connectivity index (χ4n) is 2.88. The summed E-state index contributed by atoms with van der Waals surface area (Å²) in [6.07, 6.45) is -4.39. The summed E-state index contributed by atoms with van der Waals surface area (Å²) < 4.78 is 54.6. The summed E-state index contributed by atoms with van der Waals surface area (Å²) in [5, 5.41) is 2.84. The first-order chi connectivity index (χ1) is 10.7. The van der Waals surface area contributed by atoms with Crippen LogP contribution < -0.4 is 5.32 Å². The summed E-state index contributed by atoms with van der Waals surface area (Å²) in [4.78, 5) is 1.86. The Balaban J connectivity index is 0.00000288. The average Bonchev–Trinajstić information content (AvgIpc) is 2.47. The van der Waals surface area contributed by atoms with Crippen LogP contribution in [0, 0.1) is 5.82 Å². The average molecular weight is 424 g/mol. The van der Waals surface area contributed by atoms with Gasteiger partial charge in [-0.3, -0.25) is 4.90 Å². The van der Waals surface area contributed by atoms with Gasteiger partial charge in [0.15, 0.2) is 0 Å². The fraction of sp³-hybridized carbons (Fsp3) is 0.500. The lowest BCUT2D eigenvalue weighted by Gasteiger charge is -2.36. The largest absolute Gasteiger partial charge is 0.416 e. The molecule has 1 aliphatic heterocycles. The van der Waals surface area contributed by atoms with Crippen molar-refractivity contribution in [1.29, 1.82) is 0 Å². The summed E-state index contributed by atoms with van der Waals surface area (Å²) in [6, 6.07) is 1.08. The smallest absolute Gasteiger partial charge is 0.314 e. The highest BCUT2D eigenvalue weighted by Gasteiger charge is 2.39. The lowest BCUT2D eigenvalue weighted by molar-refractivity contribution is -0.139. The van der Waals surface area contributed by atoms with Crippen LogP contribution in [0.3, 0.4) is 0 Å². The van der Waals surface area contributed by atoms with E-state index >= 15 is 0 Å². The molecule has 0 radical (unpaired) electrons. The summed E-state index contributed by atoms with van der Waals surface area (Å²) in [7, 11) is 0. The Hall–Kier alpha value is -0.530. The van der Waals surface area contributed by atoms with Crippen LogP contribution in [0.25, 0.3) is 0 Å². The van der Waals surface area contributed by atoms with E-state index in [4.69, 9.17) is 11.6 Å². The maximum absolute atomic E-state index is 14.5. The number of alkyl halides is 3. The number of halogens is 7. The van der Waals surface area contributed by atoms with Gasteiger partial charge in [0.05, 0.1) is 10.6 Å². The molecular formula is C16H21Cl3F4N2. The van der Waals surface area contributed by atoms with Crippen LogP contribution in [0.2, 0.25) is 5.02 Å². The van der Waals surface area contributed by atoms with E-state index in [1.165, 1.54) is 0 Å². The molecule has 1 heterocycles. The van der Waals surface area contributed by atoms with Gasteiger partial charge in [0, 0.05) is 37.8 Å². The molecule has 0 spiro atoms. The molecule has 9 heteroatoms. The Morgan fingerprint density at radius 1 is 1.28 bits per heavy atom. The number of hydrogen-bond donors (Lipinski definition) is 1. The minimum absolute atomic E-state index is 0. The van der Waals surface area contributed by atoms with Gasteiger partial charge in [-0.25, -0.2) is 4.39 Å². The van der Waals surface area contributed by atoms with Crippen molar-refractivity contribution in [3.63, 3.8) is 0 Å². The van der Waals surface area contributed by atoms with Crippen molar-refractivity contribution in [2.75, 3.05) is 26.2 Å². The molecule has 1 saturated heterocycles. The Bertz CT molecular complexity index is 587. The lowest BCUT2D eigenvalue weighted by Crippen LogP contribution is -2.45. The second-order valence-electron chi connectivity index (χ2n) is 5.78.